The maximum Gasteiger partial charge on any atom is 0.248 e. The second kappa shape index (κ2) is 5.35. The van der Waals surface area contributed by atoms with Crippen LogP contribution in [-0.2, 0) is 4.79 Å². The molecular formula is C14H23N3O2. The minimum atomic E-state index is -0.516. The van der Waals surface area contributed by atoms with E-state index in [0.29, 0.717) is 5.88 Å². The Morgan fingerprint density at radius 3 is 2.53 bits per heavy atom. The van der Waals surface area contributed by atoms with Gasteiger partial charge in [0.15, 0.2) is 0 Å². The number of anilines is 1. The standard InChI is InChI=1S/C14H23N3O2/c1-11-5-6-12(19-11)16(4)13(18)14(2,3)17-9-7-15-8-10-17/h5-6,15H,7-10H2,1-4H3. The van der Waals surface area contributed by atoms with Crippen molar-refractivity contribution in [2.24, 2.45) is 0 Å². The third kappa shape index (κ3) is 2.82. The van der Waals surface area contributed by atoms with E-state index >= 15 is 0 Å². The van der Waals surface area contributed by atoms with Gasteiger partial charge in [-0.1, -0.05) is 0 Å². The second-order valence-electron chi connectivity index (χ2n) is 5.54. The third-order valence-corrected chi connectivity index (χ3v) is 3.79. The van der Waals surface area contributed by atoms with Gasteiger partial charge < -0.3 is 9.73 Å². The van der Waals surface area contributed by atoms with Gasteiger partial charge in [0.1, 0.15) is 5.76 Å². The lowest BCUT2D eigenvalue weighted by Gasteiger charge is -2.41. The van der Waals surface area contributed by atoms with Gasteiger partial charge in [0.2, 0.25) is 11.8 Å². The minimum absolute atomic E-state index is 0.0590. The van der Waals surface area contributed by atoms with Crippen molar-refractivity contribution in [1.29, 1.82) is 0 Å². The molecule has 5 nitrogen and oxygen atoms in total. The fourth-order valence-corrected chi connectivity index (χ4v) is 2.47. The van der Waals surface area contributed by atoms with E-state index in [1.807, 2.05) is 32.9 Å². The Kier molecular flexibility index (Phi) is 3.96. The van der Waals surface area contributed by atoms with Gasteiger partial charge in [0.25, 0.3) is 0 Å². The number of furan rings is 1. The summed E-state index contributed by atoms with van der Waals surface area (Å²) in [5.41, 5.74) is -0.516. The topological polar surface area (TPSA) is 48.7 Å². The number of nitrogens with one attached hydrogen (secondary N) is 1. The molecule has 0 aliphatic carbocycles. The van der Waals surface area contributed by atoms with E-state index in [4.69, 9.17) is 4.42 Å². The molecule has 1 saturated heterocycles. The number of carbonyl (C=O) groups is 1. The summed E-state index contributed by atoms with van der Waals surface area (Å²) in [4.78, 5) is 16.5. The number of aryl methyl sites for hydroxylation is 1. The van der Waals surface area contributed by atoms with Gasteiger partial charge in [-0.2, -0.15) is 0 Å². The van der Waals surface area contributed by atoms with Crippen LogP contribution in [0, 0.1) is 6.92 Å². The van der Waals surface area contributed by atoms with E-state index < -0.39 is 5.54 Å². The molecule has 1 N–H and O–H groups in total. The molecule has 1 amide bonds. The number of rotatable bonds is 3. The smallest absolute Gasteiger partial charge is 0.248 e. The van der Waals surface area contributed by atoms with Gasteiger partial charge in [0, 0.05) is 39.3 Å². The van der Waals surface area contributed by atoms with E-state index in [9.17, 15) is 4.79 Å². The highest BCUT2D eigenvalue weighted by atomic mass is 16.4. The number of nitrogens with zero attached hydrogens (tertiary/aromatic N) is 2. The molecular weight excluding hydrogens is 242 g/mol. The van der Waals surface area contributed by atoms with Gasteiger partial charge in [-0.15, -0.1) is 0 Å². The van der Waals surface area contributed by atoms with Gasteiger partial charge in [-0.3, -0.25) is 14.6 Å². The molecule has 1 aromatic heterocycles. The van der Waals surface area contributed by atoms with Crippen LogP contribution >= 0.6 is 0 Å². The first-order valence-corrected chi connectivity index (χ1v) is 6.73. The molecule has 2 rings (SSSR count). The van der Waals surface area contributed by atoms with Crippen LogP contribution in [0.1, 0.15) is 19.6 Å². The number of carbonyl (C=O) groups excluding carboxylic acids is 1. The van der Waals surface area contributed by atoms with Crippen molar-refractivity contribution in [3.63, 3.8) is 0 Å². The summed E-state index contributed by atoms with van der Waals surface area (Å²) in [5, 5.41) is 3.30. The van der Waals surface area contributed by atoms with Crippen LogP contribution in [0.2, 0.25) is 0 Å². The van der Waals surface area contributed by atoms with Crippen LogP contribution in [0.3, 0.4) is 0 Å². The Balaban J connectivity index is 2.12. The molecule has 0 radical (unpaired) electrons. The van der Waals surface area contributed by atoms with Crippen molar-refractivity contribution in [2.75, 3.05) is 38.1 Å². The molecule has 0 spiro atoms. The highest BCUT2D eigenvalue weighted by Crippen LogP contribution is 2.23. The number of amides is 1. The summed E-state index contributed by atoms with van der Waals surface area (Å²) in [6.45, 7) is 9.48. The van der Waals surface area contributed by atoms with Crippen molar-refractivity contribution in [3.8, 4) is 0 Å². The molecule has 1 aliphatic heterocycles. The molecule has 2 heterocycles. The van der Waals surface area contributed by atoms with E-state index in [1.165, 1.54) is 0 Å². The summed E-state index contributed by atoms with van der Waals surface area (Å²) < 4.78 is 5.52. The zero-order chi connectivity index (χ0) is 14.0. The summed E-state index contributed by atoms with van der Waals surface area (Å²) in [5.74, 6) is 1.48. The first kappa shape index (κ1) is 14.1. The molecule has 0 atom stereocenters. The molecule has 106 valence electrons. The van der Waals surface area contributed by atoms with Gasteiger partial charge in [0.05, 0.1) is 5.54 Å². The SMILES string of the molecule is Cc1ccc(N(C)C(=O)C(C)(C)N2CCNCC2)o1. The van der Waals surface area contributed by atoms with E-state index in [-0.39, 0.29) is 5.91 Å². The summed E-state index contributed by atoms with van der Waals surface area (Å²) in [7, 11) is 1.77. The van der Waals surface area contributed by atoms with E-state index in [0.717, 1.165) is 31.9 Å². The normalized spacial score (nSPS) is 17.5. The van der Waals surface area contributed by atoms with Crippen LogP contribution in [0.5, 0.6) is 0 Å². The number of hydrogen-bond donors (Lipinski definition) is 1. The average Bonchev–Trinajstić information content (AvgIpc) is 2.84. The predicted molar refractivity (Wildman–Crippen MR) is 75.4 cm³/mol. The van der Waals surface area contributed by atoms with Crippen molar-refractivity contribution < 1.29 is 9.21 Å². The monoisotopic (exact) mass is 265 g/mol. The molecule has 0 saturated carbocycles. The van der Waals surface area contributed by atoms with Crippen LogP contribution in [0.25, 0.3) is 0 Å². The fraction of sp³-hybridized carbons (Fsp3) is 0.643. The lowest BCUT2D eigenvalue weighted by molar-refractivity contribution is -0.129. The molecule has 5 heteroatoms. The molecule has 0 aromatic carbocycles. The zero-order valence-electron chi connectivity index (χ0n) is 12.2. The lowest BCUT2D eigenvalue weighted by Crippen LogP contribution is -2.60. The molecule has 0 unspecified atom stereocenters. The highest BCUT2D eigenvalue weighted by Gasteiger charge is 2.38. The first-order valence-electron chi connectivity index (χ1n) is 6.73. The second-order valence-corrected chi connectivity index (χ2v) is 5.54. The van der Waals surface area contributed by atoms with Crippen LogP contribution in [0.15, 0.2) is 16.5 Å². The Morgan fingerprint density at radius 1 is 1.37 bits per heavy atom. The molecule has 1 aromatic rings. The number of hydrogen-bond acceptors (Lipinski definition) is 4. The summed E-state index contributed by atoms with van der Waals surface area (Å²) in [6, 6.07) is 3.71. The average molecular weight is 265 g/mol. The predicted octanol–water partition coefficient (Wildman–Crippen LogP) is 1.23. The first-order chi connectivity index (χ1) is 8.93. The van der Waals surface area contributed by atoms with Crippen molar-refractivity contribution in [3.05, 3.63) is 17.9 Å². The van der Waals surface area contributed by atoms with Crippen LogP contribution in [-0.4, -0.2) is 49.6 Å². The zero-order valence-corrected chi connectivity index (χ0v) is 12.2. The maximum absolute atomic E-state index is 12.7. The Morgan fingerprint density at radius 2 is 2.00 bits per heavy atom. The molecule has 19 heavy (non-hydrogen) atoms. The van der Waals surface area contributed by atoms with Crippen LogP contribution < -0.4 is 10.2 Å². The summed E-state index contributed by atoms with van der Waals surface area (Å²) >= 11 is 0. The highest BCUT2D eigenvalue weighted by molar-refractivity contribution is 5.98. The largest absolute Gasteiger partial charge is 0.445 e. The van der Waals surface area contributed by atoms with E-state index in [2.05, 4.69) is 10.2 Å². The number of piperazine rings is 1. The van der Waals surface area contributed by atoms with Crippen molar-refractivity contribution in [1.82, 2.24) is 10.2 Å². The number of likely N-dealkylation sites (N-methyl/N-ethyl adjacent to an activating group) is 1. The van der Waals surface area contributed by atoms with Gasteiger partial charge in [-0.25, -0.2) is 0 Å². The Hall–Kier alpha value is -1.33. The maximum atomic E-state index is 12.7. The van der Waals surface area contributed by atoms with Gasteiger partial charge >= 0.3 is 0 Å². The minimum Gasteiger partial charge on any atom is -0.445 e. The van der Waals surface area contributed by atoms with Crippen LogP contribution in [0.4, 0.5) is 5.88 Å². The fourth-order valence-electron chi connectivity index (χ4n) is 2.47. The quantitative estimate of drug-likeness (QED) is 0.893. The Labute approximate surface area is 114 Å². The molecule has 1 fully saturated rings. The third-order valence-electron chi connectivity index (χ3n) is 3.79. The Bertz CT molecular complexity index is 447. The summed E-state index contributed by atoms with van der Waals surface area (Å²) in [6.07, 6.45) is 0. The van der Waals surface area contributed by atoms with Gasteiger partial charge in [-0.05, 0) is 26.8 Å². The van der Waals surface area contributed by atoms with E-state index in [1.54, 1.807) is 11.9 Å². The lowest BCUT2D eigenvalue weighted by atomic mass is 10.00. The molecule has 0 bridgehead atoms. The van der Waals surface area contributed by atoms with Crippen molar-refractivity contribution in [2.45, 2.75) is 26.3 Å². The van der Waals surface area contributed by atoms with Crippen molar-refractivity contribution >= 4 is 11.8 Å². The molecule has 1 aliphatic rings.